The second-order valence-corrected chi connectivity index (χ2v) is 4.16. The molecule has 2 aromatic carbocycles. The van der Waals surface area contributed by atoms with Crippen molar-refractivity contribution in [1.29, 1.82) is 5.26 Å². The first-order chi connectivity index (χ1) is 9.60. The fourth-order valence-corrected chi connectivity index (χ4v) is 1.71. The Balaban J connectivity index is 2.05. The van der Waals surface area contributed by atoms with Crippen LogP contribution in [-0.2, 0) is 6.54 Å². The van der Waals surface area contributed by atoms with Crippen LogP contribution in [0.15, 0.2) is 42.5 Å². The van der Waals surface area contributed by atoms with Crippen LogP contribution in [0.25, 0.3) is 0 Å². The molecule has 0 unspecified atom stereocenters. The van der Waals surface area contributed by atoms with E-state index in [2.05, 4.69) is 5.32 Å². The first-order valence-corrected chi connectivity index (χ1v) is 5.86. The van der Waals surface area contributed by atoms with Gasteiger partial charge in [0, 0.05) is 12.2 Å². The largest absolute Gasteiger partial charge is 0.478 e. The van der Waals surface area contributed by atoms with E-state index in [9.17, 15) is 9.18 Å². The van der Waals surface area contributed by atoms with E-state index in [1.807, 2.05) is 6.07 Å². The van der Waals surface area contributed by atoms with Gasteiger partial charge in [-0.3, -0.25) is 0 Å². The summed E-state index contributed by atoms with van der Waals surface area (Å²) in [6.45, 7) is 0.364. The van der Waals surface area contributed by atoms with Gasteiger partial charge in [-0.05, 0) is 42.0 Å². The predicted octanol–water partition coefficient (Wildman–Crippen LogP) is 3.01. The summed E-state index contributed by atoms with van der Waals surface area (Å²) in [6.07, 6.45) is 0. The molecule has 0 bridgehead atoms. The summed E-state index contributed by atoms with van der Waals surface area (Å²) in [5, 5.41) is 20.5. The van der Waals surface area contributed by atoms with Gasteiger partial charge in [-0.1, -0.05) is 6.07 Å². The van der Waals surface area contributed by atoms with Crippen molar-refractivity contribution in [3.05, 3.63) is 65.0 Å². The summed E-state index contributed by atoms with van der Waals surface area (Å²) < 4.78 is 13.5. The van der Waals surface area contributed by atoms with Crippen LogP contribution in [0.2, 0.25) is 0 Å². The second-order valence-electron chi connectivity index (χ2n) is 4.16. The predicted molar refractivity (Wildman–Crippen MR) is 71.8 cm³/mol. The van der Waals surface area contributed by atoms with E-state index < -0.39 is 11.8 Å². The summed E-state index contributed by atoms with van der Waals surface area (Å²) in [5.41, 5.74) is 1.66. The molecule has 0 aliphatic rings. The highest BCUT2D eigenvalue weighted by Crippen LogP contribution is 2.14. The zero-order valence-corrected chi connectivity index (χ0v) is 10.4. The van der Waals surface area contributed by atoms with Gasteiger partial charge in [-0.15, -0.1) is 0 Å². The molecule has 100 valence electrons. The van der Waals surface area contributed by atoms with Crippen LogP contribution in [0.4, 0.5) is 10.1 Å². The minimum Gasteiger partial charge on any atom is -0.478 e. The third-order valence-electron chi connectivity index (χ3n) is 2.77. The third-order valence-corrected chi connectivity index (χ3v) is 2.77. The molecule has 0 aromatic heterocycles. The van der Waals surface area contributed by atoms with Crippen molar-refractivity contribution in [1.82, 2.24) is 0 Å². The molecule has 0 aliphatic heterocycles. The van der Waals surface area contributed by atoms with Crippen LogP contribution >= 0.6 is 0 Å². The Morgan fingerprint density at radius 1 is 1.25 bits per heavy atom. The van der Waals surface area contributed by atoms with Gasteiger partial charge in [0.2, 0.25) is 0 Å². The van der Waals surface area contributed by atoms with Crippen LogP contribution < -0.4 is 5.32 Å². The second kappa shape index (κ2) is 5.85. The van der Waals surface area contributed by atoms with E-state index in [0.717, 1.165) is 5.69 Å². The Morgan fingerprint density at radius 3 is 2.50 bits per heavy atom. The fraction of sp³-hybridized carbons (Fsp3) is 0.0667. The summed E-state index contributed by atoms with van der Waals surface area (Å²) >= 11 is 0. The quantitative estimate of drug-likeness (QED) is 0.895. The zero-order valence-electron chi connectivity index (χ0n) is 10.4. The van der Waals surface area contributed by atoms with Crippen molar-refractivity contribution >= 4 is 11.7 Å². The Kier molecular flexibility index (Phi) is 3.96. The van der Waals surface area contributed by atoms with Gasteiger partial charge < -0.3 is 10.4 Å². The number of hydrogen-bond donors (Lipinski definition) is 2. The van der Waals surface area contributed by atoms with Gasteiger partial charge >= 0.3 is 5.97 Å². The van der Waals surface area contributed by atoms with E-state index in [1.54, 1.807) is 30.3 Å². The number of nitrogens with zero attached hydrogens (tertiary/aromatic N) is 1. The minimum absolute atomic E-state index is 0.341. The number of carboxylic acids is 1. The Hall–Kier alpha value is -2.87. The lowest BCUT2D eigenvalue weighted by Crippen LogP contribution is -2.04. The van der Waals surface area contributed by atoms with Crippen LogP contribution in [0.5, 0.6) is 0 Å². The van der Waals surface area contributed by atoms with Crippen molar-refractivity contribution in [2.75, 3.05) is 5.32 Å². The first kappa shape index (κ1) is 13.6. The standard InChI is InChI=1S/C15H11FN2O2/c16-14-7-11(3-6-13(14)15(19)20)9-18-12-4-1-10(8-17)2-5-12/h1-7,18H,9H2,(H,19,20). The summed E-state index contributed by atoms with van der Waals surface area (Å²) in [7, 11) is 0. The average molecular weight is 270 g/mol. The Morgan fingerprint density at radius 2 is 1.95 bits per heavy atom. The van der Waals surface area contributed by atoms with Crippen LogP contribution in [0.3, 0.4) is 0 Å². The topological polar surface area (TPSA) is 73.1 Å². The van der Waals surface area contributed by atoms with Crippen LogP contribution in [0, 0.1) is 17.1 Å². The van der Waals surface area contributed by atoms with E-state index in [1.165, 1.54) is 12.1 Å². The minimum atomic E-state index is -1.28. The molecule has 4 nitrogen and oxygen atoms in total. The molecule has 0 saturated heterocycles. The maximum atomic E-state index is 13.5. The summed E-state index contributed by atoms with van der Waals surface area (Å²) in [5.74, 6) is -2.04. The molecular formula is C15H11FN2O2. The number of aromatic carboxylic acids is 1. The van der Waals surface area contributed by atoms with Gasteiger partial charge in [-0.25, -0.2) is 9.18 Å². The highest BCUT2D eigenvalue weighted by Gasteiger charge is 2.10. The SMILES string of the molecule is N#Cc1ccc(NCc2ccc(C(=O)O)c(F)c2)cc1. The number of carbonyl (C=O) groups is 1. The van der Waals surface area contributed by atoms with E-state index in [-0.39, 0.29) is 5.56 Å². The summed E-state index contributed by atoms with van der Waals surface area (Å²) in [6, 6.07) is 12.9. The molecular weight excluding hydrogens is 259 g/mol. The van der Waals surface area contributed by atoms with Gasteiger partial charge in [0.1, 0.15) is 5.82 Å². The van der Waals surface area contributed by atoms with Crippen molar-refractivity contribution in [2.45, 2.75) is 6.54 Å². The zero-order chi connectivity index (χ0) is 14.5. The molecule has 5 heteroatoms. The van der Waals surface area contributed by atoms with Gasteiger partial charge in [0.25, 0.3) is 0 Å². The lowest BCUT2D eigenvalue weighted by molar-refractivity contribution is 0.0692. The number of nitrogens with one attached hydrogen (secondary N) is 1. The van der Waals surface area contributed by atoms with Crippen molar-refractivity contribution in [3.63, 3.8) is 0 Å². The monoisotopic (exact) mass is 270 g/mol. The Bertz CT molecular complexity index is 675. The maximum Gasteiger partial charge on any atom is 0.338 e. The molecule has 2 N–H and O–H groups in total. The van der Waals surface area contributed by atoms with Crippen molar-refractivity contribution in [2.24, 2.45) is 0 Å². The normalized spacial score (nSPS) is 9.80. The molecule has 0 atom stereocenters. The van der Waals surface area contributed by atoms with Gasteiger partial charge in [-0.2, -0.15) is 5.26 Å². The summed E-state index contributed by atoms with van der Waals surface area (Å²) in [4.78, 5) is 10.7. The van der Waals surface area contributed by atoms with Crippen LogP contribution in [-0.4, -0.2) is 11.1 Å². The molecule has 0 saturated carbocycles. The molecule has 0 fully saturated rings. The molecule has 2 aromatic rings. The molecule has 0 radical (unpaired) electrons. The molecule has 0 spiro atoms. The molecule has 2 rings (SSSR count). The highest BCUT2D eigenvalue weighted by atomic mass is 19.1. The maximum absolute atomic E-state index is 13.5. The number of rotatable bonds is 4. The number of anilines is 1. The molecule has 0 heterocycles. The van der Waals surface area contributed by atoms with Crippen molar-refractivity contribution < 1.29 is 14.3 Å². The first-order valence-electron chi connectivity index (χ1n) is 5.86. The molecule has 0 amide bonds. The molecule has 0 aliphatic carbocycles. The van der Waals surface area contributed by atoms with Crippen molar-refractivity contribution in [3.8, 4) is 6.07 Å². The van der Waals surface area contributed by atoms with Crippen LogP contribution in [0.1, 0.15) is 21.5 Å². The van der Waals surface area contributed by atoms with Gasteiger partial charge in [0.05, 0.1) is 17.2 Å². The lowest BCUT2D eigenvalue weighted by Gasteiger charge is -2.07. The molecule has 20 heavy (non-hydrogen) atoms. The lowest BCUT2D eigenvalue weighted by atomic mass is 10.1. The fourth-order valence-electron chi connectivity index (χ4n) is 1.71. The average Bonchev–Trinajstić information content (AvgIpc) is 2.45. The number of halogens is 1. The number of carboxylic acid groups (broad SMARTS) is 1. The van der Waals surface area contributed by atoms with Gasteiger partial charge in [0.15, 0.2) is 0 Å². The highest BCUT2D eigenvalue weighted by molar-refractivity contribution is 5.87. The van der Waals surface area contributed by atoms with E-state index >= 15 is 0 Å². The smallest absolute Gasteiger partial charge is 0.338 e. The van der Waals surface area contributed by atoms with E-state index in [4.69, 9.17) is 10.4 Å². The third kappa shape index (κ3) is 3.12. The number of hydrogen-bond acceptors (Lipinski definition) is 3. The number of benzene rings is 2. The Labute approximate surface area is 115 Å². The number of nitriles is 1. The van der Waals surface area contributed by atoms with E-state index in [0.29, 0.717) is 17.7 Å².